The van der Waals surface area contributed by atoms with E-state index in [1.54, 1.807) is 16.8 Å². The Labute approximate surface area is 123 Å². The third kappa shape index (κ3) is 2.05. The normalized spacial score (nSPS) is 13.5. The molecule has 3 heterocycles. The van der Waals surface area contributed by atoms with Crippen LogP contribution in [0.15, 0.2) is 28.7 Å². The van der Waals surface area contributed by atoms with Crippen molar-refractivity contribution < 1.29 is 23.8 Å². The number of hydrogen-bond acceptors (Lipinski definition) is 6. The molecule has 0 saturated heterocycles. The Morgan fingerprint density at radius 3 is 2.73 bits per heavy atom. The van der Waals surface area contributed by atoms with Gasteiger partial charge in [0.2, 0.25) is 5.76 Å². The first-order valence-corrected chi connectivity index (χ1v) is 6.65. The Morgan fingerprint density at radius 2 is 2.00 bits per heavy atom. The highest BCUT2D eigenvalue weighted by atomic mass is 16.6. The number of hydrogen-bond donors (Lipinski definition) is 1. The average Bonchev–Trinajstić information content (AvgIpc) is 3.13. The molecule has 1 N–H and O–H groups in total. The Bertz CT molecular complexity index is 867. The zero-order chi connectivity index (χ0) is 15.1. The molecule has 1 aliphatic heterocycles. The molecule has 1 aliphatic rings. The first-order valence-electron chi connectivity index (χ1n) is 6.65. The van der Waals surface area contributed by atoms with Crippen LogP contribution in [0.2, 0.25) is 0 Å². The summed E-state index contributed by atoms with van der Waals surface area (Å²) in [5.74, 6) is 0.576. The van der Waals surface area contributed by atoms with Gasteiger partial charge in [-0.3, -0.25) is 0 Å². The average molecular weight is 301 g/mol. The summed E-state index contributed by atoms with van der Waals surface area (Å²) >= 11 is 0. The van der Waals surface area contributed by atoms with E-state index in [4.69, 9.17) is 19.0 Å². The minimum absolute atomic E-state index is 0.103. The Balaban J connectivity index is 1.70. The number of carbonyl (C=O) groups is 1. The van der Waals surface area contributed by atoms with Crippen molar-refractivity contribution in [2.24, 2.45) is 0 Å². The molecule has 8 heteroatoms. The topological polar surface area (TPSA) is 99.6 Å². The Hall–Kier alpha value is -3.03. The van der Waals surface area contributed by atoms with Crippen LogP contribution in [0, 0.1) is 0 Å². The van der Waals surface area contributed by atoms with E-state index in [2.05, 4.69) is 10.3 Å². The molecule has 0 saturated carbocycles. The SMILES string of the molecule is O=C(O)c1ccc(Cn2nnc3cc4c(cc32)OCCO4)o1. The van der Waals surface area contributed by atoms with E-state index in [-0.39, 0.29) is 12.3 Å². The van der Waals surface area contributed by atoms with Gasteiger partial charge in [0.1, 0.15) is 31.0 Å². The van der Waals surface area contributed by atoms with E-state index in [0.29, 0.717) is 36.0 Å². The van der Waals surface area contributed by atoms with Crippen LogP contribution in [-0.2, 0) is 6.54 Å². The number of aromatic carboxylic acids is 1. The van der Waals surface area contributed by atoms with E-state index in [9.17, 15) is 4.79 Å². The van der Waals surface area contributed by atoms with E-state index in [0.717, 1.165) is 5.52 Å². The summed E-state index contributed by atoms with van der Waals surface area (Å²) in [4.78, 5) is 10.8. The smallest absolute Gasteiger partial charge is 0.371 e. The number of furan rings is 1. The first kappa shape index (κ1) is 12.7. The highest BCUT2D eigenvalue weighted by Crippen LogP contribution is 2.33. The Kier molecular flexibility index (Phi) is 2.75. The number of nitrogens with zero attached hydrogens (tertiary/aromatic N) is 3. The van der Waals surface area contributed by atoms with E-state index >= 15 is 0 Å². The number of carboxylic acid groups (broad SMARTS) is 1. The molecule has 22 heavy (non-hydrogen) atoms. The van der Waals surface area contributed by atoms with Gasteiger partial charge in [0.25, 0.3) is 0 Å². The predicted molar refractivity (Wildman–Crippen MR) is 73.3 cm³/mol. The van der Waals surface area contributed by atoms with Crippen LogP contribution < -0.4 is 9.47 Å². The van der Waals surface area contributed by atoms with E-state index in [1.165, 1.54) is 6.07 Å². The van der Waals surface area contributed by atoms with Gasteiger partial charge < -0.3 is 19.0 Å². The zero-order valence-corrected chi connectivity index (χ0v) is 11.4. The quantitative estimate of drug-likeness (QED) is 0.783. The lowest BCUT2D eigenvalue weighted by atomic mass is 10.2. The first-order chi connectivity index (χ1) is 10.7. The van der Waals surface area contributed by atoms with Crippen molar-refractivity contribution in [2.45, 2.75) is 6.54 Å². The fourth-order valence-corrected chi connectivity index (χ4v) is 2.35. The van der Waals surface area contributed by atoms with Crippen molar-refractivity contribution in [3.05, 3.63) is 35.8 Å². The maximum absolute atomic E-state index is 10.8. The highest BCUT2D eigenvalue weighted by Gasteiger charge is 2.17. The van der Waals surface area contributed by atoms with Gasteiger partial charge in [0.05, 0.1) is 5.52 Å². The molecule has 1 aromatic carbocycles. The van der Waals surface area contributed by atoms with Gasteiger partial charge in [-0.25, -0.2) is 9.48 Å². The number of rotatable bonds is 3. The van der Waals surface area contributed by atoms with Gasteiger partial charge in [0.15, 0.2) is 11.5 Å². The van der Waals surface area contributed by atoms with Crippen LogP contribution in [0.1, 0.15) is 16.3 Å². The minimum Gasteiger partial charge on any atom is -0.486 e. The summed E-state index contributed by atoms with van der Waals surface area (Å²) < 4.78 is 17.9. The number of ether oxygens (including phenoxy) is 2. The van der Waals surface area contributed by atoms with Gasteiger partial charge in [0, 0.05) is 12.1 Å². The summed E-state index contributed by atoms with van der Waals surface area (Å²) in [6.07, 6.45) is 0. The van der Waals surface area contributed by atoms with Gasteiger partial charge >= 0.3 is 5.97 Å². The number of benzene rings is 1. The van der Waals surface area contributed by atoms with Gasteiger partial charge in [-0.15, -0.1) is 5.10 Å². The Morgan fingerprint density at radius 1 is 1.23 bits per heavy atom. The monoisotopic (exact) mass is 301 g/mol. The third-order valence-electron chi connectivity index (χ3n) is 3.36. The molecule has 8 nitrogen and oxygen atoms in total. The fraction of sp³-hybridized carbons (Fsp3) is 0.214. The number of carboxylic acids is 1. The second-order valence-electron chi connectivity index (χ2n) is 4.80. The van der Waals surface area contributed by atoms with Crippen LogP contribution in [-0.4, -0.2) is 39.3 Å². The predicted octanol–water partition coefficient (Wildman–Crippen LogP) is 1.54. The van der Waals surface area contributed by atoms with E-state index in [1.807, 2.05) is 6.07 Å². The molecule has 112 valence electrons. The van der Waals surface area contributed by atoms with Gasteiger partial charge in [-0.05, 0) is 12.1 Å². The second kappa shape index (κ2) is 4.76. The lowest BCUT2D eigenvalue weighted by Crippen LogP contribution is -2.15. The van der Waals surface area contributed by atoms with Crippen molar-refractivity contribution >= 4 is 17.0 Å². The minimum atomic E-state index is -1.10. The molecular weight excluding hydrogens is 290 g/mol. The molecule has 0 unspecified atom stereocenters. The van der Waals surface area contributed by atoms with Crippen LogP contribution in [0.5, 0.6) is 11.5 Å². The van der Waals surface area contributed by atoms with Crippen LogP contribution in [0.25, 0.3) is 11.0 Å². The van der Waals surface area contributed by atoms with Crippen LogP contribution >= 0.6 is 0 Å². The molecule has 3 aromatic rings. The summed E-state index contributed by atoms with van der Waals surface area (Å²) in [6, 6.07) is 6.60. The zero-order valence-electron chi connectivity index (χ0n) is 11.4. The van der Waals surface area contributed by atoms with Crippen molar-refractivity contribution in [3.8, 4) is 11.5 Å². The highest BCUT2D eigenvalue weighted by molar-refractivity contribution is 5.84. The van der Waals surface area contributed by atoms with Crippen LogP contribution in [0.4, 0.5) is 0 Å². The fourth-order valence-electron chi connectivity index (χ4n) is 2.35. The summed E-state index contributed by atoms with van der Waals surface area (Å²) in [6.45, 7) is 1.29. The largest absolute Gasteiger partial charge is 0.486 e. The lowest BCUT2D eigenvalue weighted by Gasteiger charge is -2.17. The molecule has 0 spiro atoms. The van der Waals surface area contributed by atoms with Crippen molar-refractivity contribution in [1.29, 1.82) is 0 Å². The molecule has 0 radical (unpaired) electrons. The van der Waals surface area contributed by atoms with Crippen molar-refractivity contribution in [3.63, 3.8) is 0 Å². The molecule has 0 amide bonds. The molecule has 2 aromatic heterocycles. The van der Waals surface area contributed by atoms with Crippen molar-refractivity contribution in [1.82, 2.24) is 15.0 Å². The summed E-state index contributed by atoms with van der Waals surface area (Å²) in [5, 5.41) is 17.0. The maximum Gasteiger partial charge on any atom is 0.371 e. The standard InChI is InChI=1S/C14H11N3O5/c18-14(19)11-2-1-8(22-11)7-17-10-6-13-12(20-3-4-21-13)5-9(10)15-16-17/h1-2,5-6H,3-4,7H2,(H,18,19). The van der Waals surface area contributed by atoms with Crippen molar-refractivity contribution in [2.75, 3.05) is 13.2 Å². The molecule has 0 fully saturated rings. The number of aromatic nitrogens is 3. The van der Waals surface area contributed by atoms with E-state index < -0.39 is 5.97 Å². The van der Waals surface area contributed by atoms with Gasteiger partial charge in [-0.1, -0.05) is 5.21 Å². The van der Waals surface area contributed by atoms with Crippen LogP contribution in [0.3, 0.4) is 0 Å². The molecule has 0 bridgehead atoms. The molecule has 0 atom stereocenters. The summed E-state index contributed by atoms with van der Waals surface area (Å²) in [5.41, 5.74) is 1.44. The van der Waals surface area contributed by atoms with Gasteiger partial charge in [-0.2, -0.15) is 0 Å². The third-order valence-corrected chi connectivity index (χ3v) is 3.36. The molecule has 4 rings (SSSR count). The molecule has 0 aliphatic carbocycles. The maximum atomic E-state index is 10.8. The molecular formula is C14H11N3O5. The summed E-state index contributed by atoms with van der Waals surface area (Å²) in [7, 11) is 0. The second-order valence-corrected chi connectivity index (χ2v) is 4.80. The number of fused-ring (bicyclic) bond motifs is 2. The lowest BCUT2D eigenvalue weighted by molar-refractivity contribution is 0.0660.